The zero-order valence-corrected chi connectivity index (χ0v) is 11.9. The fourth-order valence-electron chi connectivity index (χ4n) is 1.71. The maximum Gasteiger partial charge on any atom is 0.273 e. The fourth-order valence-corrected chi connectivity index (χ4v) is 1.71. The van der Waals surface area contributed by atoms with Crippen molar-refractivity contribution in [1.82, 2.24) is 16.2 Å². The third-order valence-corrected chi connectivity index (χ3v) is 2.86. The lowest BCUT2D eigenvalue weighted by Crippen LogP contribution is -2.46. The Kier molecular flexibility index (Phi) is 4.92. The van der Waals surface area contributed by atoms with Gasteiger partial charge in [0.15, 0.2) is 0 Å². The van der Waals surface area contributed by atoms with E-state index in [0.29, 0.717) is 16.9 Å². The van der Waals surface area contributed by atoms with Crippen molar-refractivity contribution in [2.24, 2.45) is 0 Å². The van der Waals surface area contributed by atoms with E-state index in [2.05, 4.69) is 16.2 Å². The Bertz CT molecular complexity index is 679. The molecule has 0 bridgehead atoms. The maximum absolute atomic E-state index is 11.7. The second-order valence-electron chi connectivity index (χ2n) is 4.44. The number of carbonyl (C=O) groups excluding carboxylic acids is 3. The summed E-state index contributed by atoms with van der Waals surface area (Å²) in [6.45, 7) is 1.38. The standard InChI is InChI=1S/C15H15N3O4/c1-10-12(7-8-22-10)15(21)18-17-13(19)9-16-14(20)11-5-3-2-4-6-11/h2-8H,9H2,1H3,(H,16,20)(H,17,19)(H,18,21). The lowest BCUT2D eigenvalue weighted by atomic mass is 10.2. The van der Waals surface area contributed by atoms with Gasteiger partial charge in [-0.05, 0) is 25.1 Å². The quantitative estimate of drug-likeness (QED) is 0.726. The SMILES string of the molecule is Cc1occc1C(=O)NNC(=O)CNC(=O)c1ccccc1. The molecule has 0 fully saturated rings. The first-order valence-corrected chi connectivity index (χ1v) is 6.54. The van der Waals surface area contributed by atoms with E-state index < -0.39 is 11.8 Å². The molecule has 1 heterocycles. The van der Waals surface area contributed by atoms with Crippen LogP contribution in [0.3, 0.4) is 0 Å². The Labute approximate surface area is 126 Å². The van der Waals surface area contributed by atoms with E-state index >= 15 is 0 Å². The average molecular weight is 301 g/mol. The Morgan fingerprint density at radius 2 is 1.73 bits per heavy atom. The number of hydrazine groups is 1. The first-order chi connectivity index (χ1) is 10.6. The highest BCUT2D eigenvalue weighted by atomic mass is 16.3. The summed E-state index contributed by atoms with van der Waals surface area (Å²) in [7, 11) is 0. The molecule has 0 aliphatic rings. The van der Waals surface area contributed by atoms with Crippen LogP contribution in [0, 0.1) is 6.92 Å². The number of hydrogen-bond acceptors (Lipinski definition) is 4. The van der Waals surface area contributed by atoms with Crippen LogP contribution in [-0.4, -0.2) is 24.3 Å². The molecule has 3 amide bonds. The largest absolute Gasteiger partial charge is 0.469 e. The van der Waals surface area contributed by atoms with Gasteiger partial charge < -0.3 is 9.73 Å². The molecular weight excluding hydrogens is 286 g/mol. The van der Waals surface area contributed by atoms with Gasteiger partial charge in [-0.15, -0.1) is 0 Å². The molecule has 0 atom stereocenters. The molecule has 7 heteroatoms. The van der Waals surface area contributed by atoms with Gasteiger partial charge in [0.25, 0.3) is 17.7 Å². The lowest BCUT2D eigenvalue weighted by molar-refractivity contribution is -0.120. The summed E-state index contributed by atoms with van der Waals surface area (Å²) >= 11 is 0. The number of furan rings is 1. The van der Waals surface area contributed by atoms with Crippen LogP contribution in [-0.2, 0) is 4.79 Å². The Morgan fingerprint density at radius 1 is 1.00 bits per heavy atom. The zero-order chi connectivity index (χ0) is 15.9. The van der Waals surface area contributed by atoms with Crippen LogP contribution in [0.5, 0.6) is 0 Å². The first-order valence-electron chi connectivity index (χ1n) is 6.54. The highest BCUT2D eigenvalue weighted by molar-refractivity contribution is 5.98. The van der Waals surface area contributed by atoms with E-state index in [0.717, 1.165) is 0 Å². The van der Waals surface area contributed by atoms with Crippen LogP contribution >= 0.6 is 0 Å². The molecule has 114 valence electrons. The molecule has 22 heavy (non-hydrogen) atoms. The normalized spacial score (nSPS) is 9.86. The highest BCUT2D eigenvalue weighted by Crippen LogP contribution is 2.07. The fraction of sp³-hybridized carbons (Fsp3) is 0.133. The number of benzene rings is 1. The average Bonchev–Trinajstić information content (AvgIpc) is 2.97. The van der Waals surface area contributed by atoms with Crippen LogP contribution in [0.2, 0.25) is 0 Å². The minimum atomic E-state index is -0.543. The highest BCUT2D eigenvalue weighted by Gasteiger charge is 2.12. The van der Waals surface area contributed by atoms with Crippen LogP contribution < -0.4 is 16.2 Å². The summed E-state index contributed by atoms with van der Waals surface area (Å²) < 4.78 is 4.99. The minimum absolute atomic E-state index is 0.252. The van der Waals surface area contributed by atoms with Crippen LogP contribution in [0.1, 0.15) is 26.5 Å². The molecule has 0 unspecified atom stereocenters. The van der Waals surface area contributed by atoms with Gasteiger partial charge in [-0.2, -0.15) is 0 Å². The maximum atomic E-state index is 11.7. The second-order valence-corrected chi connectivity index (χ2v) is 4.44. The molecule has 7 nitrogen and oxygen atoms in total. The van der Waals surface area contributed by atoms with Gasteiger partial charge in [-0.1, -0.05) is 18.2 Å². The van der Waals surface area contributed by atoms with Crippen molar-refractivity contribution in [3.05, 3.63) is 59.5 Å². The van der Waals surface area contributed by atoms with Gasteiger partial charge in [-0.25, -0.2) is 0 Å². The molecule has 2 rings (SSSR count). The molecule has 2 aromatic rings. The molecule has 0 radical (unpaired) electrons. The second kappa shape index (κ2) is 7.07. The summed E-state index contributed by atoms with van der Waals surface area (Å²) in [5.74, 6) is -0.954. The van der Waals surface area contributed by atoms with Crippen molar-refractivity contribution in [2.45, 2.75) is 6.92 Å². The number of rotatable bonds is 4. The first kappa shape index (κ1) is 15.3. The lowest BCUT2D eigenvalue weighted by Gasteiger charge is -2.08. The molecule has 0 spiro atoms. The van der Waals surface area contributed by atoms with Crippen molar-refractivity contribution in [2.75, 3.05) is 6.54 Å². The molecular formula is C15H15N3O4. The third-order valence-electron chi connectivity index (χ3n) is 2.86. The van der Waals surface area contributed by atoms with Crippen molar-refractivity contribution in [3.8, 4) is 0 Å². The molecule has 3 N–H and O–H groups in total. The number of hydrogen-bond donors (Lipinski definition) is 3. The summed E-state index contributed by atoms with van der Waals surface area (Å²) in [5.41, 5.74) is 5.23. The van der Waals surface area contributed by atoms with E-state index in [1.54, 1.807) is 37.3 Å². The van der Waals surface area contributed by atoms with E-state index in [-0.39, 0.29) is 12.5 Å². The Balaban J connectivity index is 1.76. The van der Waals surface area contributed by atoms with Gasteiger partial charge in [0.05, 0.1) is 18.4 Å². The number of aryl methyl sites for hydroxylation is 1. The van der Waals surface area contributed by atoms with Crippen molar-refractivity contribution >= 4 is 17.7 Å². The molecule has 1 aromatic carbocycles. The Hall–Kier alpha value is -3.09. The summed E-state index contributed by atoms with van der Waals surface area (Å²) in [6, 6.07) is 10.0. The monoisotopic (exact) mass is 301 g/mol. The summed E-state index contributed by atoms with van der Waals surface area (Å²) in [4.78, 5) is 35.0. The summed E-state index contributed by atoms with van der Waals surface area (Å²) in [5, 5.41) is 2.45. The molecule has 0 saturated heterocycles. The van der Waals surface area contributed by atoms with Gasteiger partial charge in [-0.3, -0.25) is 25.2 Å². The smallest absolute Gasteiger partial charge is 0.273 e. The van der Waals surface area contributed by atoms with Crippen molar-refractivity contribution in [1.29, 1.82) is 0 Å². The predicted octanol–water partition coefficient (Wildman–Crippen LogP) is 0.779. The third kappa shape index (κ3) is 3.95. The Morgan fingerprint density at radius 3 is 2.36 bits per heavy atom. The van der Waals surface area contributed by atoms with E-state index in [1.165, 1.54) is 12.3 Å². The topological polar surface area (TPSA) is 100 Å². The molecule has 0 aliphatic carbocycles. The van der Waals surface area contributed by atoms with Crippen molar-refractivity contribution < 1.29 is 18.8 Å². The number of nitrogens with one attached hydrogen (secondary N) is 3. The van der Waals surface area contributed by atoms with Crippen LogP contribution in [0.4, 0.5) is 0 Å². The molecule has 0 aliphatic heterocycles. The van der Waals surface area contributed by atoms with Gasteiger partial charge in [0.2, 0.25) is 0 Å². The van der Waals surface area contributed by atoms with Crippen LogP contribution in [0.25, 0.3) is 0 Å². The summed E-state index contributed by atoms with van der Waals surface area (Å²) in [6.07, 6.45) is 1.38. The van der Waals surface area contributed by atoms with Crippen molar-refractivity contribution in [3.63, 3.8) is 0 Å². The van der Waals surface area contributed by atoms with Gasteiger partial charge in [0, 0.05) is 5.56 Å². The van der Waals surface area contributed by atoms with E-state index in [4.69, 9.17) is 4.42 Å². The molecule has 0 saturated carbocycles. The number of carbonyl (C=O) groups is 3. The molecule has 1 aromatic heterocycles. The van der Waals surface area contributed by atoms with Gasteiger partial charge >= 0.3 is 0 Å². The van der Waals surface area contributed by atoms with E-state index in [9.17, 15) is 14.4 Å². The zero-order valence-electron chi connectivity index (χ0n) is 11.9. The van der Waals surface area contributed by atoms with Gasteiger partial charge in [0.1, 0.15) is 5.76 Å². The van der Waals surface area contributed by atoms with Crippen LogP contribution in [0.15, 0.2) is 47.1 Å². The van der Waals surface area contributed by atoms with E-state index in [1.807, 2.05) is 0 Å². The predicted molar refractivity (Wildman–Crippen MR) is 77.8 cm³/mol. The minimum Gasteiger partial charge on any atom is -0.469 e. The number of amides is 3.